The van der Waals surface area contributed by atoms with Crippen LogP contribution in [0.4, 0.5) is 38.0 Å². The Hall–Kier alpha value is -1.53. The van der Waals surface area contributed by atoms with Crippen LogP contribution in [0.15, 0.2) is 23.0 Å². The number of nitrogens with zero attached hydrogens (tertiary/aromatic N) is 8. The lowest BCUT2D eigenvalue weighted by Crippen LogP contribution is -2.33. The molecule has 5 unspecified atom stereocenters. The second kappa shape index (κ2) is 20.5. The van der Waals surface area contributed by atoms with Crippen LogP contribution in [0.1, 0.15) is 18.9 Å². The summed E-state index contributed by atoms with van der Waals surface area (Å²) in [7, 11) is -11.8. The van der Waals surface area contributed by atoms with E-state index in [1.165, 1.54) is 0 Å². The molecule has 0 saturated carbocycles. The summed E-state index contributed by atoms with van der Waals surface area (Å²) in [5, 5.41) is 42.3. The molecule has 26 nitrogen and oxygen atoms in total. The monoisotopic (exact) mass is 1140 g/mol. The summed E-state index contributed by atoms with van der Waals surface area (Å²) in [6, 6.07) is 0. The van der Waals surface area contributed by atoms with E-state index in [1.54, 1.807) is 0 Å². The molecule has 2 aliphatic heterocycles. The third-order valence-corrected chi connectivity index (χ3v) is 21.2. The minimum atomic E-state index is -5.88. The van der Waals surface area contributed by atoms with Crippen molar-refractivity contribution >= 4 is 121 Å². The van der Waals surface area contributed by atoms with Crippen molar-refractivity contribution < 1.29 is 103 Å². The van der Waals surface area contributed by atoms with Crippen LogP contribution in [0.5, 0.6) is 0 Å². The fourth-order valence-corrected chi connectivity index (χ4v) is 16.3. The van der Waals surface area contributed by atoms with Gasteiger partial charge in [0.05, 0.1) is 38.0 Å². The maximum atomic E-state index is 13.1. The number of aliphatic hydroxyl groups is 4. The van der Waals surface area contributed by atoms with E-state index in [1.807, 2.05) is 0 Å². The van der Waals surface area contributed by atoms with Crippen molar-refractivity contribution in [1.82, 2.24) is 39.0 Å². The van der Waals surface area contributed by atoms with E-state index < -0.39 is 131 Å². The molecule has 2 saturated heterocycles. The van der Waals surface area contributed by atoms with Gasteiger partial charge in [-0.1, -0.05) is 35.1 Å². The number of fused-ring (bicyclic) bond motifs is 2. The lowest BCUT2D eigenvalue weighted by atomic mass is 10.1. The lowest BCUT2D eigenvalue weighted by Gasteiger charge is -2.27. The highest BCUT2D eigenvalue weighted by molar-refractivity contribution is 8.09. The van der Waals surface area contributed by atoms with Crippen LogP contribution >= 0.6 is 63.8 Å². The first-order valence-corrected chi connectivity index (χ1v) is 28.7. The van der Waals surface area contributed by atoms with Gasteiger partial charge in [-0.2, -0.15) is 26.3 Å². The van der Waals surface area contributed by atoms with Crippen molar-refractivity contribution in [3.8, 4) is 0 Å². The Kier molecular flexibility index (Phi) is 16.8. The normalized spacial score (nSPS) is 28.0. The largest absolute Gasteiger partial charge is 0.398 e. The average molecular weight is 1140 g/mol. The van der Waals surface area contributed by atoms with Crippen molar-refractivity contribution in [1.29, 1.82) is 0 Å². The molecular weight excluding hydrogens is 1110 g/mol. The summed E-state index contributed by atoms with van der Waals surface area (Å²) < 4.78 is 135. The molecule has 376 valence electrons. The van der Waals surface area contributed by atoms with Crippen LogP contribution in [0.2, 0.25) is 0 Å². The maximum Gasteiger partial charge on any atom is 0.398 e. The second-order valence-corrected chi connectivity index (χ2v) is 27.0. The predicted octanol–water partition coefficient (Wildman–Crippen LogP) is 2.16. The van der Waals surface area contributed by atoms with Crippen molar-refractivity contribution in [3.05, 3.63) is 12.7 Å². The molecule has 0 radical (unpaired) electrons. The van der Waals surface area contributed by atoms with E-state index in [-0.39, 0.29) is 50.9 Å². The van der Waals surface area contributed by atoms with Crippen molar-refractivity contribution in [2.75, 3.05) is 36.2 Å². The Bertz CT molecular complexity index is 2670. The molecule has 12 N–H and O–H groups in total. The molecule has 0 amide bonds. The van der Waals surface area contributed by atoms with Crippen molar-refractivity contribution in [2.24, 2.45) is 0 Å². The first-order valence-electron chi connectivity index (χ1n) is 17.9. The van der Waals surface area contributed by atoms with E-state index in [0.29, 0.717) is 11.8 Å². The smallest absolute Gasteiger partial charge is 0.387 e. The standard InChI is InChI=1S/C26H33ClF6N10O16P4S4/c27-22(61(50,51)59-63(53,65)55-4-9-13(45)15(47)21(57-9)43-7-37-11-17(35)39-24(41-19(11)43)67-5-26(31,32)33)60(48,49)58-62(52,64)54-3-8-12(44)14(46)20(56-8)42-6-36-10-16(34)38-23(40-18(10)42)66-2-1-25(28,29)30/h6-9,12-15,20-22,44-47H,1-5H2,(H,48,49)(H,50,51)(H,52,64)(H,53,65)(H2,34,38,40)(H2,35,39,41)/t8-,9-,12-,13-,14-,15-,20-,21-,22?,62?,63?/m1/s1. The molecule has 0 bridgehead atoms. The van der Waals surface area contributed by atoms with Gasteiger partial charge in [-0.15, -0.1) is 0 Å². The summed E-state index contributed by atoms with van der Waals surface area (Å²) in [6.07, 6.45) is -22.0. The van der Waals surface area contributed by atoms with Crippen LogP contribution < -0.4 is 11.5 Å². The summed E-state index contributed by atoms with van der Waals surface area (Å²) in [5.41, 5.74) is 11.2. The number of aromatic nitrogens is 8. The molecule has 6 rings (SSSR count). The Balaban J connectivity index is 1.04. The number of nitrogens with two attached hydrogens (primary N) is 2. The Morgan fingerprint density at radius 3 is 1.51 bits per heavy atom. The molecule has 0 spiro atoms. The average Bonchev–Trinajstić information content (AvgIpc) is 3.95. The lowest BCUT2D eigenvalue weighted by molar-refractivity contribution is -0.129. The Morgan fingerprint density at radius 2 is 1.12 bits per heavy atom. The molecular formula is C26H33ClF6N10O16P4S4. The predicted molar refractivity (Wildman–Crippen MR) is 226 cm³/mol. The molecule has 2 fully saturated rings. The first-order chi connectivity index (χ1) is 30.8. The highest BCUT2D eigenvalue weighted by Gasteiger charge is 2.53. The summed E-state index contributed by atoms with van der Waals surface area (Å²) in [6.45, 7) is -12.1. The Morgan fingerprint density at radius 1 is 0.716 bits per heavy atom. The van der Waals surface area contributed by atoms with Gasteiger partial charge in [-0.05, 0) is 23.6 Å². The van der Waals surface area contributed by atoms with Crippen LogP contribution in [-0.4, -0.2) is 158 Å². The zero-order chi connectivity index (χ0) is 49.8. The number of aliphatic hydroxyl groups excluding tert-OH is 4. The quantitative estimate of drug-likeness (QED) is 0.0211. The highest BCUT2D eigenvalue weighted by atomic mass is 35.5. The number of hydrogen-bond acceptors (Lipinski definition) is 24. The van der Waals surface area contributed by atoms with Gasteiger partial charge in [0, 0.05) is 5.75 Å². The number of rotatable bonds is 19. The van der Waals surface area contributed by atoms with E-state index >= 15 is 0 Å². The molecule has 67 heavy (non-hydrogen) atoms. The van der Waals surface area contributed by atoms with Crippen LogP contribution in [-0.2, 0) is 59.9 Å². The van der Waals surface area contributed by atoms with Gasteiger partial charge in [-0.3, -0.25) is 18.3 Å². The molecule has 41 heteroatoms. The molecule has 13 atom stereocenters. The van der Waals surface area contributed by atoms with Gasteiger partial charge in [0.15, 0.2) is 45.7 Å². The molecule has 6 heterocycles. The van der Waals surface area contributed by atoms with Crippen molar-refractivity contribution in [3.63, 3.8) is 0 Å². The maximum absolute atomic E-state index is 13.1. The van der Waals surface area contributed by atoms with E-state index in [4.69, 9.17) is 65.2 Å². The number of imidazole rings is 2. The number of halogens is 7. The fraction of sp³-hybridized carbons (Fsp3) is 0.615. The SMILES string of the molecule is Nc1nc(SCCC(F)(F)F)nc2c1ncn2[C@@H]1O[C@H](COP(O)(=S)OP(=O)(O)C(Cl)P(=O)(O)OP(O)(=S)OC[C@H]2O[C@@H](n3cnc4c(N)nc(SCC(F)(F)F)nc43)[C@H](O)[C@@H]2O)[C@@H](O)[C@H]1O. The highest BCUT2D eigenvalue weighted by Crippen LogP contribution is 2.76. The molecule has 0 aromatic carbocycles. The third kappa shape index (κ3) is 13.3. The van der Waals surface area contributed by atoms with Gasteiger partial charge in [-0.25, -0.2) is 38.5 Å². The van der Waals surface area contributed by atoms with E-state index in [9.17, 15) is 75.5 Å². The number of nitrogen functional groups attached to an aromatic ring is 2. The van der Waals surface area contributed by atoms with E-state index in [2.05, 4.69) is 38.5 Å². The van der Waals surface area contributed by atoms with Gasteiger partial charge in [0.25, 0.3) is 0 Å². The summed E-state index contributed by atoms with van der Waals surface area (Å²) >= 11 is 16.0. The van der Waals surface area contributed by atoms with Crippen LogP contribution in [0.25, 0.3) is 22.3 Å². The topological polar surface area (TPSA) is 391 Å². The molecule has 4 aromatic rings. The van der Waals surface area contributed by atoms with Crippen molar-refractivity contribution in [2.45, 2.75) is 83.0 Å². The van der Waals surface area contributed by atoms with E-state index in [0.717, 1.165) is 21.8 Å². The minimum Gasteiger partial charge on any atom is -0.387 e. The van der Waals surface area contributed by atoms with Crippen LogP contribution in [0.3, 0.4) is 0 Å². The minimum absolute atomic E-state index is 0.0601. The van der Waals surface area contributed by atoms with Gasteiger partial charge < -0.3 is 70.0 Å². The number of ether oxygens (including phenoxy) is 2. The zero-order valence-corrected chi connectivity index (χ0v) is 40.1. The summed E-state index contributed by atoms with van der Waals surface area (Å²) in [5.74, 6) is -2.44. The van der Waals surface area contributed by atoms with Crippen LogP contribution in [0, 0.1) is 0 Å². The van der Waals surface area contributed by atoms with Gasteiger partial charge in [0.2, 0.25) is 4.86 Å². The number of alkyl halides is 7. The molecule has 0 aliphatic carbocycles. The van der Waals surface area contributed by atoms with Gasteiger partial charge in [0.1, 0.15) is 47.7 Å². The number of hydrogen-bond donors (Lipinski definition) is 10. The number of thioether (sulfide) groups is 2. The molecule has 2 aliphatic rings. The Labute approximate surface area is 393 Å². The first kappa shape index (κ1) is 54.8. The second-order valence-electron chi connectivity index (χ2n) is 13.8. The fourth-order valence-electron chi connectivity index (χ4n) is 5.87. The zero-order valence-electron chi connectivity index (χ0n) is 32.5. The third-order valence-electron chi connectivity index (χ3n) is 8.84. The van der Waals surface area contributed by atoms with Gasteiger partial charge >= 0.3 is 41.0 Å². The summed E-state index contributed by atoms with van der Waals surface area (Å²) in [4.78, 5) is 62.8. The molecule has 4 aromatic heterocycles. The number of anilines is 2.